The predicted octanol–water partition coefficient (Wildman–Crippen LogP) is 27.7. The van der Waals surface area contributed by atoms with Gasteiger partial charge < -0.3 is 0 Å². The zero-order valence-electron chi connectivity index (χ0n) is 59.7. The first-order chi connectivity index (χ1) is 46.2. The molecule has 0 N–H and O–H groups in total. The summed E-state index contributed by atoms with van der Waals surface area (Å²) in [5.74, 6) is 0. The van der Waals surface area contributed by atoms with Gasteiger partial charge in [-0.15, -0.1) is 0 Å². The highest BCUT2D eigenvalue weighted by Crippen LogP contribution is 2.27. The van der Waals surface area contributed by atoms with Crippen molar-refractivity contribution in [3.05, 3.63) is 380 Å². The van der Waals surface area contributed by atoms with Gasteiger partial charge in [-0.25, -0.2) is 0 Å². The number of hydrogen-bond acceptors (Lipinski definition) is 0. The van der Waals surface area contributed by atoms with Gasteiger partial charge in [0.2, 0.25) is 0 Å². The molecule has 0 heterocycles. The molecule has 0 amide bonds. The van der Waals surface area contributed by atoms with Crippen LogP contribution in [0.2, 0.25) is 0 Å². The molecule has 96 heavy (non-hydrogen) atoms. The van der Waals surface area contributed by atoms with E-state index in [1.54, 1.807) is 0 Å². The summed E-state index contributed by atoms with van der Waals surface area (Å²) < 4.78 is 0. The largest absolute Gasteiger partial charge is 0.0616 e. The van der Waals surface area contributed by atoms with Gasteiger partial charge in [0, 0.05) is 0 Å². The van der Waals surface area contributed by atoms with Crippen LogP contribution in [-0.4, -0.2) is 0 Å². The minimum Gasteiger partial charge on any atom is -0.0616 e. The Morgan fingerprint density at radius 2 is 0.448 bits per heavy atom. The van der Waals surface area contributed by atoms with Crippen LogP contribution in [0.1, 0.15) is 89.0 Å². The fourth-order valence-electron chi connectivity index (χ4n) is 12.8. The number of hydrogen-bond donors (Lipinski definition) is 0. The smallest absolute Gasteiger partial charge is 0.0125 e. The summed E-state index contributed by atoms with van der Waals surface area (Å²) in [5, 5.41) is 21.7. The van der Waals surface area contributed by atoms with Crippen LogP contribution in [0, 0.1) is 111 Å². The van der Waals surface area contributed by atoms with E-state index in [-0.39, 0.29) is 0 Å². The van der Waals surface area contributed by atoms with Crippen molar-refractivity contribution in [2.45, 2.75) is 111 Å². The second kappa shape index (κ2) is 33.1. The molecule has 0 heteroatoms. The molecule has 0 saturated carbocycles. The van der Waals surface area contributed by atoms with Gasteiger partial charge in [0.05, 0.1) is 0 Å². The first-order valence-electron chi connectivity index (χ1n) is 33.9. The zero-order valence-corrected chi connectivity index (χ0v) is 59.7. The van der Waals surface area contributed by atoms with Crippen molar-refractivity contribution in [2.75, 3.05) is 0 Å². The summed E-state index contributed by atoms with van der Waals surface area (Å²) in [7, 11) is 0. The highest BCUT2D eigenvalue weighted by molar-refractivity contribution is 5.92. The first kappa shape index (κ1) is 69.9. The van der Waals surface area contributed by atoms with Crippen LogP contribution < -0.4 is 0 Å². The van der Waals surface area contributed by atoms with Crippen LogP contribution in [0.3, 0.4) is 0 Å². The summed E-state index contributed by atoms with van der Waals surface area (Å²) in [5.41, 5.74) is 21.7. The van der Waals surface area contributed by atoms with Crippen molar-refractivity contribution >= 4 is 86.2 Å². The SMILES string of the molecule is Cc1cc(C)c2ccccc2c1.Cc1cc2ccccc2cc1C.Cc1ccc(C)c2ccccc12.Cc1ccc2c(C)cccc2c1.Cc1ccc2cccc(C)c2c1.Cc1ccc2ccccc2c1C.Cc1cccc2c(C)cccc12.Cc1cccc2cccc(C)c12. The predicted molar refractivity (Wildman–Crippen MR) is 427 cm³/mol. The number of aryl methyl sites for hydroxylation is 16. The lowest BCUT2D eigenvalue weighted by Gasteiger charge is -2.04. The third kappa shape index (κ3) is 18.1. The van der Waals surface area contributed by atoms with Crippen LogP contribution >= 0.6 is 0 Å². The van der Waals surface area contributed by atoms with Gasteiger partial charge in [-0.2, -0.15) is 0 Å². The lowest BCUT2D eigenvalue weighted by atomic mass is 10.0. The average Bonchev–Trinajstić information content (AvgIpc) is 1.24. The van der Waals surface area contributed by atoms with Crippen molar-refractivity contribution in [3.63, 3.8) is 0 Å². The van der Waals surface area contributed by atoms with E-state index in [9.17, 15) is 0 Å². The van der Waals surface area contributed by atoms with E-state index >= 15 is 0 Å². The lowest BCUT2D eigenvalue weighted by Crippen LogP contribution is -1.82. The molecule has 0 spiro atoms. The zero-order chi connectivity index (χ0) is 68.4. The van der Waals surface area contributed by atoms with Gasteiger partial charge in [-0.3, -0.25) is 0 Å². The standard InChI is InChI=1S/8C12H12/c1-9-5-3-8-12-10(2)6-4-7-11(9)12;1-9-5-3-7-11-8-4-6-10(2)12(9)11;1-9-6-7-12-10(2)4-3-5-11(12)8-9;1-9-6-7-11-5-3-4-10(2)12(11)8-9;1-9-7-11-5-3-4-6-12(11)8-10(9)2;1-9-7-10(2)12-6-4-3-5-11(12)8-9;1-9-7-8-11-5-3-4-6-12(11)10(9)2;1-9-7-8-10(2)12-6-4-3-5-11(9)12/h8*3-8H,1-2H3. The van der Waals surface area contributed by atoms with E-state index in [0.717, 1.165) is 0 Å². The van der Waals surface area contributed by atoms with Gasteiger partial charge in [0.15, 0.2) is 0 Å². The third-order valence-electron chi connectivity index (χ3n) is 18.6. The molecule has 0 nitrogen and oxygen atoms in total. The molecule has 0 fully saturated rings. The van der Waals surface area contributed by atoms with Crippen molar-refractivity contribution in [3.8, 4) is 0 Å². The Morgan fingerprint density at radius 3 is 0.969 bits per heavy atom. The molecule has 0 radical (unpaired) electrons. The first-order valence-corrected chi connectivity index (χ1v) is 33.9. The molecule has 0 aliphatic carbocycles. The van der Waals surface area contributed by atoms with Gasteiger partial charge in [0.1, 0.15) is 0 Å². The number of rotatable bonds is 0. The Balaban J connectivity index is 0.000000129. The van der Waals surface area contributed by atoms with Crippen molar-refractivity contribution < 1.29 is 0 Å². The Labute approximate surface area is 573 Å². The Bertz CT molecular complexity index is 5030. The molecule has 0 aromatic heterocycles. The molecular formula is C96H96. The molecule has 0 saturated heterocycles. The van der Waals surface area contributed by atoms with Crippen molar-refractivity contribution in [1.82, 2.24) is 0 Å². The summed E-state index contributed by atoms with van der Waals surface area (Å²) >= 11 is 0. The molecule has 16 aromatic rings. The normalized spacial score (nSPS) is 10.5. The maximum atomic E-state index is 2.24. The maximum absolute atomic E-state index is 2.24. The highest BCUT2D eigenvalue weighted by atomic mass is 14.1. The summed E-state index contributed by atoms with van der Waals surface area (Å²) in [6.07, 6.45) is 0. The Kier molecular flexibility index (Phi) is 24.1. The summed E-state index contributed by atoms with van der Waals surface area (Å²) in [6, 6.07) is 103. The monoisotopic (exact) mass is 1250 g/mol. The molecule has 480 valence electrons. The molecule has 0 aliphatic heterocycles. The topological polar surface area (TPSA) is 0 Å². The molecule has 0 bridgehead atoms. The quantitative estimate of drug-likeness (QED) is 0.142. The Hall–Kier alpha value is -10.4. The molecule has 0 atom stereocenters. The van der Waals surface area contributed by atoms with Gasteiger partial charge in [0.25, 0.3) is 0 Å². The summed E-state index contributed by atoms with van der Waals surface area (Å²) in [6.45, 7) is 34.4. The van der Waals surface area contributed by atoms with Crippen molar-refractivity contribution in [2.24, 2.45) is 0 Å². The lowest BCUT2D eigenvalue weighted by molar-refractivity contribution is 1.37. The average molecular weight is 1250 g/mol. The van der Waals surface area contributed by atoms with Gasteiger partial charge in [-0.1, -0.05) is 308 Å². The maximum Gasteiger partial charge on any atom is -0.0125 e. The minimum absolute atomic E-state index is 1.33. The Morgan fingerprint density at radius 1 is 0.135 bits per heavy atom. The van der Waals surface area contributed by atoms with E-state index in [1.807, 2.05) is 0 Å². The number of benzene rings is 16. The fourth-order valence-corrected chi connectivity index (χ4v) is 12.8. The van der Waals surface area contributed by atoms with Gasteiger partial charge >= 0.3 is 0 Å². The third-order valence-corrected chi connectivity index (χ3v) is 18.6. The van der Waals surface area contributed by atoms with Crippen LogP contribution in [0.4, 0.5) is 0 Å². The minimum atomic E-state index is 1.33. The molecule has 16 rings (SSSR count). The fraction of sp³-hybridized carbons (Fsp3) is 0.167. The van der Waals surface area contributed by atoms with E-state index in [4.69, 9.17) is 0 Å². The number of fused-ring (bicyclic) bond motifs is 8. The van der Waals surface area contributed by atoms with E-state index in [0.29, 0.717) is 0 Å². The second-order valence-corrected chi connectivity index (χ2v) is 26.2. The van der Waals surface area contributed by atoms with Crippen LogP contribution in [0.5, 0.6) is 0 Å². The molecule has 0 aliphatic rings. The highest BCUT2D eigenvalue weighted by Gasteiger charge is 2.03. The van der Waals surface area contributed by atoms with Crippen LogP contribution in [0.15, 0.2) is 291 Å². The van der Waals surface area contributed by atoms with Crippen molar-refractivity contribution in [1.29, 1.82) is 0 Å². The molecule has 16 aromatic carbocycles. The van der Waals surface area contributed by atoms with Crippen LogP contribution in [0.25, 0.3) is 86.2 Å². The van der Waals surface area contributed by atoms with E-state index in [2.05, 4.69) is 402 Å². The van der Waals surface area contributed by atoms with E-state index < -0.39 is 0 Å². The van der Waals surface area contributed by atoms with Crippen LogP contribution in [-0.2, 0) is 0 Å². The van der Waals surface area contributed by atoms with Gasteiger partial charge in [-0.05, 0) is 269 Å². The summed E-state index contributed by atoms with van der Waals surface area (Å²) in [4.78, 5) is 0. The van der Waals surface area contributed by atoms with E-state index in [1.165, 1.54) is 175 Å². The molecule has 0 unspecified atom stereocenters. The second-order valence-electron chi connectivity index (χ2n) is 26.2. The molecular weight excluding hydrogens is 1150 g/mol.